The fraction of sp³-hybridized carbons (Fsp3) is 0.455. The molecular weight excluding hydrogens is 176 g/mol. The summed E-state index contributed by atoms with van der Waals surface area (Å²) in [4.78, 5) is 0. The molecule has 1 aromatic carbocycles. The summed E-state index contributed by atoms with van der Waals surface area (Å²) < 4.78 is 5.11. The van der Waals surface area contributed by atoms with Gasteiger partial charge in [0.2, 0.25) is 0 Å². The number of benzene rings is 1. The predicted molar refractivity (Wildman–Crippen MR) is 60.1 cm³/mol. The van der Waals surface area contributed by atoms with E-state index in [4.69, 9.17) is 4.74 Å². The van der Waals surface area contributed by atoms with Gasteiger partial charge in [0.15, 0.2) is 0 Å². The van der Waals surface area contributed by atoms with Crippen LogP contribution in [0.5, 0.6) is 0 Å². The highest BCUT2D eigenvalue weighted by molar-refractivity contribution is 6.88. The van der Waals surface area contributed by atoms with Gasteiger partial charge in [-0.05, 0) is 5.56 Å². The van der Waals surface area contributed by atoms with Crippen molar-refractivity contribution in [2.45, 2.75) is 26.2 Å². The first-order valence-corrected chi connectivity index (χ1v) is 8.12. The molecule has 0 N–H and O–H groups in total. The van der Waals surface area contributed by atoms with Crippen LogP contribution in [0.15, 0.2) is 24.3 Å². The van der Waals surface area contributed by atoms with E-state index in [0.29, 0.717) is 0 Å². The Labute approximate surface area is 81.8 Å². The molecule has 0 amide bonds. The molecule has 0 aliphatic heterocycles. The first-order chi connectivity index (χ1) is 6.04. The molecule has 0 saturated heterocycles. The minimum Gasteiger partial charge on any atom is -0.380 e. The van der Waals surface area contributed by atoms with Crippen LogP contribution in [0, 0.1) is 0 Å². The molecule has 0 aliphatic rings. The van der Waals surface area contributed by atoms with Gasteiger partial charge in [-0.1, -0.05) is 49.1 Å². The lowest BCUT2D eigenvalue weighted by atomic mass is 10.2. The fourth-order valence-corrected chi connectivity index (χ4v) is 2.51. The molecule has 1 rings (SSSR count). The Morgan fingerprint density at radius 2 is 1.92 bits per heavy atom. The van der Waals surface area contributed by atoms with Gasteiger partial charge in [0.1, 0.15) is 0 Å². The SMILES string of the molecule is COCc1cccc([Si](C)(C)C)c1. The smallest absolute Gasteiger partial charge is 0.0776 e. The van der Waals surface area contributed by atoms with E-state index >= 15 is 0 Å². The topological polar surface area (TPSA) is 9.23 Å². The number of methoxy groups -OCH3 is 1. The minimum atomic E-state index is -1.15. The van der Waals surface area contributed by atoms with Gasteiger partial charge in [-0.15, -0.1) is 0 Å². The van der Waals surface area contributed by atoms with E-state index in [0.717, 1.165) is 6.61 Å². The molecule has 0 heterocycles. The molecule has 0 aromatic heterocycles. The molecule has 13 heavy (non-hydrogen) atoms. The molecule has 0 atom stereocenters. The Kier molecular flexibility index (Phi) is 3.28. The molecule has 0 saturated carbocycles. The molecule has 2 heteroatoms. The molecule has 0 aliphatic carbocycles. The van der Waals surface area contributed by atoms with Crippen molar-refractivity contribution >= 4 is 13.3 Å². The van der Waals surface area contributed by atoms with Crippen molar-refractivity contribution in [2.24, 2.45) is 0 Å². The van der Waals surface area contributed by atoms with E-state index in [-0.39, 0.29) is 0 Å². The second-order valence-corrected chi connectivity index (χ2v) is 9.46. The monoisotopic (exact) mass is 194 g/mol. The third-order valence-corrected chi connectivity index (χ3v) is 4.15. The van der Waals surface area contributed by atoms with Gasteiger partial charge in [0.25, 0.3) is 0 Å². The Balaban J connectivity index is 2.92. The summed E-state index contributed by atoms with van der Waals surface area (Å²) in [5.41, 5.74) is 1.28. The third-order valence-electron chi connectivity index (χ3n) is 2.10. The van der Waals surface area contributed by atoms with Crippen LogP contribution in [0.25, 0.3) is 0 Å². The normalized spacial score (nSPS) is 11.7. The maximum atomic E-state index is 5.11. The van der Waals surface area contributed by atoms with Crippen molar-refractivity contribution in [1.82, 2.24) is 0 Å². The Bertz CT molecular complexity index is 276. The summed E-state index contributed by atoms with van der Waals surface area (Å²) in [6.07, 6.45) is 0. The van der Waals surface area contributed by atoms with E-state index in [2.05, 4.69) is 43.9 Å². The van der Waals surface area contributed by atoms with Crippen molar-refractivity contribution < 1.29 is 4.74 Å². The number of rotatable bonds is 3. The molecule has 0 bridgehead atoms. The van der Waals surface area contributed by atoms with Gasteiger partial charge in [0.05, 0.1) is 14.7 Å². The van der Waals surface area contributed by atoms with Gasteiger partial charge in [-0.2, -0.15) is 0 Å². The fourth-order valence-electron chi connectivity index (χ4n) is 1.29. The van der Waals surface area contributed by atoms with E-state index in [1.165, 1.54) is 10.8 Å². The molecule has 1 nitrogen and oxygen atoms in total. The van der Waals surface area contributed by atoms with E-state index < -0.39 is 8.07 Å². The lowest BCUT2D eigenvalue weighted by molar-refractivity contribution is 0.185. The standard InChI is InChI=1S/C11H18OSi/c1-12-9-10-6-5-7-11(8-10)13(2,3)4/h5-8H,9H2,1-4H3. The van der Waals surface area contributed by atoms with Gasteiger partial charge < -0.3 is 4.74 Å². The maximum absolute atomic E-state index is 5.11. The molecule has 0 spiro atoms. The van der Waals surface area contributed by atoms with Gasteiger partial charge >= 0.3 is 0 Å². The number of hydrogen-bond donors (Lipinski definition) is 0. The summed E-state index contributed by atoms with van der Waals surface area (Å²) >= 11 is 0. The van der Waals surface area contributed by atoms with Crippen LogP contribution in [0.3, 0.4) is 0 Å². The zero-order valence-corrected chi connectivity index (χ0v) is 9.92. The highest BCUT2D eigenvalue weighted by Crippen LogP contribution is 2.05. The zero-order valence-electron chi connectivity index (χ0n) is 8.92. The predicted octanol–water partition coefficient (Wildman–Crippen LogP) is 2.38. The van der Waals surface area contributed by atoms with E-state index in [1.807, 2.05) is 0 Å². The highest BCUT2D eigenvalue weighted by Gasteiger charge is 2.15. The average molecular weight is 194 g/mol. The van der Waals surface area contributed by atoms with Crippen molar-refractivity contribution in [3.63, 3.8) is 0 Å². The summed E-state index contributed by atoms with van der Waals surface area (Å²) in [7, 11) is 0.588. The van der Waals surface area contributed by atoms with Crippen LogP contribution in [0.2, 0.25) is 19.6 Å². The van der Waals surface area contributed by atoms with Crippen LogP contribution >= 0.6 is 0 Å². The second kappa shape index (κ2) is 4.07. The van der Waals surface area contributed by atoms with E-state index in [1.54, 1.807) is 7.11 Å². The Hall–Kier alpha value is -0.603. The maximum Gasteiger partial charge on any atom is 0.0776 e. The van der Waals surface area contributed by atoms with Crippen LogP contribution < -0.4 is 5.19 Å². The first-order valence-electron chi connectivity index (χ1n) is 4.62. The number of hydrogen-bond acceptors (Lipinski definition) is 1. The molecular formula is C11H18OSi. The third kappa shape index (κ3) is 2.97. The average Bonchev–Trinajstić information content (AvgIpc) is 2.04. The van der Waals surface area contributed by atoms with Crippen LogP contribution in [0.4, 0.5) is 0 Å². The molecule has 1 aromatic rings. The van der Waals surface area contributed by atoms with Crippen LogP contribution in [-0.4, -0.2) is 15.2 Å². The Morgan fingerprint density at radius 3 is 2.46 bits per heavy atom. The van der Waals surface area contributed by atoms with Crippen molar-refractivity contribution in [3.8, 4) is 0 Å². The largest absolute Gasteiger partial charge is 0.380 e. The minimum absolute atomic E-state index is 0.721. The van der Waals surface area contributed by atoms with Crippen molar-refractivity contribution in [1.29, 1.82) is 0 Å². The van der Waals surface area contributed by atoms with Crippen molar-refractivity contribution in [2.75, 3.05) is 7.11 Å². The lowest BCUT2D eigenvalue weighted by Gasteiger charge is -2.17. The van der Waals surface area contributed by atoms with E-state index in [9.17, 15) is 0 Å². The molecule has 72 valence electrons. The summed E-state index contributed by atoms with van der Waals surface area (Å²) in [5, 5.41) is 1.50. The van der Waals surface area contributed by atoms with Gasteiger partial charge in [0, 0.05) is 7.11 Å². The van der Waals surface area contributed by atoms with Gasteiger partial charge in [-0.3, -0.25) is 0 Å². The molecule has 0 fully saturated rings. The quantitative estimate of drug-likeness (QED) is 0.671. The summed E-state index contributed by atoms with van der Waals surface area (Å²) in [6.45, 7) is 7.80. The van der Waals surface area contributed by atoms with Crippen molar-refractivity contribution in [3.05, 3.63) is 29.8 Å². The highest BCUT2D eigenvalue weighted by atomic mass is 28.3. The first kappa shape index (κ1) is 10.5. The van der Waals surface area contributed by atoms with Crippen LogP contribution in [0.1, 0.15) is 5.56 Å². The van der Waals surface area contributed by atoms with Crippen LogP contribution in [-0.2, 0) is 11.3 Å². The summed E-state index contributed by atoms with van der Waals surface area (Å²) in [6, 6.07) is 8.75. The number of ether oxygens (including phenoxy) is 1. The second-order valence-electron chi connectivity index (χ2n) is 4.38. The Morgan fingerprint density at radius 1 is 1.23 bits per heavy atom. The lowest BCUT2D eigenvalue weighted by Crippen LogP contribution is -2.37. The molecule has 0 radical (unpaired) electrons. The van der Waals surface area contributed by atoms with Gasteiger partial charge in [-0.25, -0.2) is 0 Å². The summed E-state index contributed by atoms with van der Waals surface area (Å²) in [5.74, 6) is 0. The molecule has 0 unspecified atom stereocenters. The zero-order chi connectivity index (χ0) is 9.90.